The Morgan fingerprint density at radius 3 is 3.11 bits per heavy atom. The largest absolute Gasteiger partial charge is 0.383 e. The molecule has 1 N–H and O–H groups in total. The summed E-state index contributed by atoms with van der Waals surface area (Å²) in [6.45, 7) is 1.31. The summed E-state index contributed by atoms with van der Waals surface area (Å²) < 4.78 is 11.4. The smallest absolute Gasteiger partial charge is 0.283 e. The zero-order valence-electron chi connectivity index (χ0n) is 10.3. The Labute approximate surface area is 117 Å². The minimum Gasteiger partial charge on any atom is -0.383 e. The van der Waals surface area contributed by atoms with E-state index in [9.17, 15) is 4.79 Å². The number of hydrogen-bond acceptors (Lipinski definition) is 6. The van der Waals surface area contributed by atoms with E-state index in [1.54, 1.807) is 19.4 Å². The Hall–Kier alpha value is -1.67. The van der Waals surface area contributed by atoms with E-state index in [1.165, 1.54) is 10.9 Å². The van der Waals surface area contributed by atoms with Crippen molar-refractivity contribution in [3.05, 3.63) is 39.0 Å². The van der Waals surface area contributed by atoms with Gasteiger partial charge in [0.2, 0.25) is 0 Å². The van der Waals surface area contributed by atoms with Gasteiger partial charge in [-0.3, -0.25) is 4.79 Å². The molecule has 2 aromatic rings. The third-order valence-corrected chi connectivity index (χ3v) is 3.21. The third kappa shape index (κ3) is 3.42. The fourth-order valence-corrected chi connectivity index (χ4v) is 1.89. The van der Waals surface area contributed by atoms with Gasteiger partial charge in [0.05, 0.1) is 31.6 Å². The lowest BCUT2D eigenvalue weighted by molar-refractivity contribution is 0.181. The van der Waals surface area contributed by atoms with Gasteiger partial charge >= 0.3 is 0 Å². The lowest BCUT2D eigenvalue weighted by Crippen LogP contribution is -2.26. The number of halogens is 1. The highest BCUT2D eigenvalue weighted by molar-refractivity contribution is 9.10. The number of nitrogens with one attached hydrogen (secondary N) is 1. The van der Waals surface area contributed by atoms with Crippen molar-refractivity contribution in [1.82, 2.24) is 14.9 Å². The van der Waals surface area contributed by atoms with Crippen molar-refractivity contribution < 1.29 is 9.26 Å². The van der Waals surface area contributed by atoms with Gasteiger partial charge in [0.25, 0.3) is 5.56 Å². The molecular weight excluding hydrogens is 316 g/mol. The van der Waals surface area contributed by atoms with Crippen molar-refractivity contribution in [3.8, 4) is 0 Å². The highest BCUT2D eigenvalue weighted by Crippen LogP contribution is 2.16. The summed E-state index contributed by atoms with van der Waals surface area (Å²) in [5.74, 6) is 0. The molecule has 0 aliphatic carbocycles. The molecule has 0 saturated carbocycles. The van der Waals surface area contributed by atoms with Crippen LogP contribution in [0.3, 0.4) is 0 Å². The fraction of sp³-hybridized carbons (Fsp3) is 0.364. The van der Waals surface area contributed by atoms with Crippen molar-refractivity contribution >= 4 is 21.6 Å². The van der Waals surface area contributed by atoms with Crippen LogP contribution in [0, 0.1) is 0 Å². The second-order valence-electron chi connectivity index (χ2n) is 3.74. The summed E-state index contributed by atoms with van der Waals surface area (Å²) in [5.41, 5.74) is 1.15. The molecule has 2 rings (SSSR count). The molecule has 0 aliphatic rings. The topological polar surface area (TPSA) is 82.2 Å². The minimum atomic E-state index is -0.206. The van der Waals surface area contributed by atoms with Crippen LogP contribution < -0.4 is 10.9 Å². The summed E-state index contributed by atoms with van der Waals surface area (Å²) in [7, 11) is 1.58. The summed E-state index contributed by atoms with van der Waals surface area (Å²) >= 11 is 3.27. The van der Waals surface area contributed by atoms with Crippen LogP contribution >= 0.6 is 15.9 Å². The Balaban J connectivity index is 2.09. The maximum absolute atomic E-state index is 12.0. The summed E-state index contributed by atoms with van der Waals surface area (Å²) in [4.78, 5) is 12.0. The number of anilines is 1. The average Bonchev–Trinajstić information content (AvgIpc) is 2.92. The quantitative estimate of drug-likeness (QED) is 0.859. The van der Waals surface area contributed by atoms with Crippen LogP contribution in [0.5, 0.6) is 0 Å². The molecular formula is C11H13BrN4O3. The molecule has 0 fully saturated rings. The van der Waals surface area contributed by atoms with Crippen molar-refractivity contribution in [2.75, 3.05) is 19.0 Å². The van der Waals surface area contributed by atoms with Gasteiger partial charge in [-0.05, 0) is 15.9 Å². The van der Waals surface area contributed by atoms with Gasteiger partial charge in [-0.1, -0.05) is 5.16 Å². The van der Waals surface area contributed by atoms with Crippen LogP contribution in [0.2, 0.25) is 0 Å². The standard InChI is InChI=1S/C11H13BrN4O3/c1-18-5-3-16-11(17)10(12)9(7-14-16)13-6-8-2-4-19-15-8/h2,4,7,13H,3,5-6H2,1H3. The molecule has 7 nitrogen and oxygen atoms in total. The van der Waals surface area contributed by atoms with Crippen LogP contribution in [0.25, 0.3) is 0 Å². The lowest BCUT2D eigenvalue weighted by Gasteiger charge is -2.09. The van der Waals surface area contributed by atoms with E-state index in [1.807, 2.05) is 0 Å². The van der Waals surface area contributed by atoms with E-state index in [4.69, 9.17) is 9.26 Å². The van der Waals surface area contributed by atoms with Crippen molar-refractivity contribution in [1.29, 1.82) is 0 Å². The van der Waals surface area contributed by atoms with Crippen LogP contribution in [-0.4, -0.2) is 28.7 Å². The van der Waals surface area contributed by atoms with Crippen LogP contribution in [0.15, 0.2) is 32.3 Å². The predicted octanol–water partition coefficient (Wildman–Crippen LogP) is 1.25. The number of methoxy groups -OCH3 is 1. The van der Waals surface area contributed by atoms with Crippen molar-refractivity contribution in [2.45, 2.75) is 13.1 Å². The maximum atomic E-state index is 12.0. The molecule has 102 valence electrons. The van der Waals surface area contributed by atoms with Gasteiger partial charge in [0.15, 0.2) is 0 Å². The number of nitrogens with zero attached hydrogens (tertiary/aromatic N) is 3. The van der Waals surface area contributed by atoms with E-state index in [0.29, 0.717) is 29.9 Å². The number of ether oxygens (including phenoxy) is 1. The first kappa shape index (κ1) is 13.8. The molecule has 0 unspecified atom stereocenters. The highest BCUT2D eigenvalue weighted by atomic mass is 79.9. The van der Waals surface area contributed by atoms with Crippen LogP contribution in [-0.2, 0) is 17.8 Å². The van der Waals surface area contributed by atoms with E-state index >= 15 is 0 Å². The molecule has 0 saturated heterocycles. The molecule has 0 aliphatic heterocycles. The zero-order chi connectivity index (χ0) is 13.7. The molecule has 0 atom stereocenters. The summed E-state index contributed by atoms with van der Waals surface area (Å²) in [6.07, 6.45) is 3.08. The first-order chi connectivity index (χ1) is 9.22. The van der Waals surface area contributed by atoms with E-state index < -0.39 is 0 Å². The maximum Gasteiger partial charge on any atom is 0.283 e. The molecule has 2 aromatic heterocycles. The Bertz CT molecular complexity index is 582. The molecule has 0 aromatic carbocycles. The van der Waals surface area contributed by atoms with Gasteiger partial charge in [-0.15, -0.1) is 0 Å². The lowest BCUT2D eigenvalue weighted by atomic mass is 10.4. The van der Waals surface area contributed by atoms with Gasteiger partial charge in [0.1, 0.15) is 16.4 Å². The van der Waals surface area contributed by atoms with Gasteiger partial charge < -0.3 is 14.6 Å². The zero-order valence-corrected chi connectivity index (χ0v) is 11.9. The number of rotatable bonds is 6. The van der Waals surface area contributed by atoms with Crippen molar-refractivity contribution in [2.24, 2.45) is 0 Å². The van der Waals surface area contributed by atoms with Gasteiger partial charge in [0, 0.05) is 13.2 Å². The van der Waals surface area contributed by atoms with Crippen LogP contribution in [0.1, 0.15) is 5.69 Å². The molecule has 8 heteroatoms. The summed E-state index contributed by atoms with van der Waals surface area (Å²) in [5, 5.41) is 10.9. The first-order valence-electron chi connectivity index (χ1n) is 5.60. The van der Waals surface area contributed by atoms with E-state index in [2.05, 4.69) is 31.5 Å². The Morgan fingerprint density at radius 1 is 1.58 bits per heavy atom. The SMILES string of the molecule is COCCn1ncc(NCc2ccon2)c(Br)c1=O. The second-order valence-corrected chi connectivity index (χ2v) is 4.53. The third-order valence-electron chi connectivity index (χ3n) is 2.44. The molecule has 0 amide bonds. The second kappa shape index (κ2) is 6.48. The van der Waals surface area contributed by atoms with Gasteiger partial charge in [-0.2, -0.15) is 5.10 Å². The highest BCUT2D eigenvalue weighted by Gasteiger charge is 2.08. The number of aromatic nitrogens is 3. The van der Waals surface area contributed by atoms with Gasteiger partial charge in [-0.25, -0.2) is 4.68 Å². The Kier molecular flexibility index (Phi) is 4.69. The number of hydrogen-bond donors (Lipinski definition) is 1. The summed E-state index contributed by atoms with van der Waals surface area (Å²) in [6, 6.07) is 1.74. The van der Waals surface area contributed by atoms with Crippen molar-refractivity contribution in [3.63, 3.8) is 0 Å². The normalized spacial score (nSPS) is 10.6. The van der Waals surface area contributed by atoms with E-state index in [0.717, 1.165) is 5.69 Å². The first-order valence-corrected chi connectivity index (χ1v) is 6.39. The minimum absolute atomic E-state index is 0.206. The Morgan fingerprint density at radius 2 is 2.42 bits per heavy atom. The molecule has 19 heavy (non-hydrogen) atoms. The molecule has 2 heterocycles. The molecule has 0 spiro atoms. The van der Waals surface area contributed by atoms with Crippen LogP contribution in [0.4, 0.5) is 5.69 Å². The van der Waals surface area contributed by atoms with E-state index in [-0.39, 0.29) is 5.56 Å². The fourth-order valence-electron chi connectivity index (χ4n) is 1.44. The predicted molar refractivity (Wildman–Crippen MR) is 71.9 cm³/mol. The molecule has 0 bridgehead atoms. The monoisotopic (exact) mass is 328 g/mol. The molecule has 0 radical (unpaired) electrons. The average molecular weight is 329 g/mol.